The third kappa shape index (κ3) is 3.66. The van der Waals surface area contributed by atoms with Crippen LogP contribution < -0.4 is 10.2 Å². The Hall–Kier alpha value is -3.87. The first-order chi connectivity index (χ1) is 15.6. The van der Waals surface area contributed by atoms with Crippen LogP contribution >= 0.6 is 0 Å². The van der Waals surface area contributed by atoms with Crippen molar-refractivity contribution in [1.82, 2.24) is 10.2 Å². The first-order valence-corrected chi connectivity index (χ1v) is 10.7. The van der Waals surface area contributed by atoms with Crippen LogP contribution in [0.3, 0.4) is 0 Å². The summed E-state index contributed by atoms with van der Waals surface area (Å²) in [5, 5.41) is 2.84. The van der Waals surface area contributed by atoms with Crippen LogP contribution in [0.25, 0.3) is 0 Å². The summed E-state index contributed by atoms with van der Waals surface area (Å²) in [5.74, 6) is 0.286. The number of furan rings is 1. The number of para-hydroxylation sites is 1. The second-order valence-corrected chi connectivity index (χ2v) is 8.06. The molecular weight excluding hydrogens is 406 g/mol. The number of carbonyl (C=O) groups is 3. The molecule has 3 heterocycles. The highest BCUT2D eigenvalue weighted by Gasteiger charge is 2.41. The lowest BCUT2D eigenvalue weighted by molar-refractivity contribution is -0.122. The summed E-state index contributed by atoms with van der Waals surface area (Å²) < 4.78 is 5.25. The minimum Gasteiger partial charge on any atom is -0.467 e. The molecule has 7 heteroatoms. The van der Waals surface area contributed by atoms with Crippen molar-refractivity contribution in [1.29, 1.82) is 0 Å². The van der Waals surface area contributed by atoms with Gasteiger partial charge < -0.3 is 19.5 Å². The molecule has 2 aromatic carbocycles. The zero-order chi connectivity index (χ0) is 22.1. The Morgan fingerprint density at radius 3 is 2.78 bits per heavy atom. The highest BCUT2D eigenvalue weighted by molar-refractivity contribution is 6.11. The van der Waals surface area contributed by atoms with E-state index in [-0.39, 0.29) is 24.3 Å². The van der Waals surface area contributed by atoms with Crippen molar-refractivity contribution in [3.05, 3.63) is 89.4 Å². The summed E-state index contributed by atoms with van der Waals surface area (Å²) in [7, 11) is 0. The molecule has 0 aliphatic carbocycles. The Labute approximate surface area is 185 Å². The van der Waals surface area contributed by atoms with E-state index in [0.717, 1.165) is 12.0 Å². The molecule has 0 radical (unpaired) electrons. The molecule has 2 aliphatic rings. The zero-order valence-electron chi connectivity index (χ0n) is 17.5. The fraction of sp³-hybridized carbons (Fsp3) is 0.240. The molecule has 3 amide bonds. The molecule has 1 saturated heterocycles. The minimum absolute atomic E-state index is 0.0755. The third-order valence-electron chi connectivity index (χ3n) is 6.02. The molecule has 162 valence electrons. The van der Waals surface area contributed by atoms with Gasteiger partial charge in [-0.05, 0) is 54.8 Å². The lowest BCUT2D eigenvalue weighted by Crippen LogP contribution is -2.44. The molecule has 32 heavy (non-hydrogen) atoms. The second kappa shape index (κ2) is 8.34. The summed E-state index contributed by atoms with van der Waals surface area (Å²) in [6, 6.07) is 17.6. The summed E-state index contributed by atoms with van der Waals surface area (Å²) >= 11 is 0. The van der Waals surface area contributed by atoms with Gasteiger partial charge >= 0.3 is 0 Å². The van der Waals surface area contributed by atoms with Crippen molar-refractivity contribution in [2.75, 3.05) is 11.4 Å². The molecule has 2 aliphatic heterocycles. The van der Waals surface area contributed by atoms with E-state index >= 15 is 0 Å². The van der Waals surface area contributed by atoms with Crippen molar-refractivity contribution in [2.45, 2.75) is 32.0 Å². The largest absolute Gasteiger partial charge is 0.467 e. The number of anilines is 1. The van der Waals surface area contributed by atoms with Crippen LogP contribution in [-0.2, 0) is 17.9 Å². The van der Waals surface area contributed by atoms with Gasteiger partial charge in [0.05, 0.1) is 30.6 Å². The van der Waals surface area contributed by atoms with E-state index in [9.17, 15) is 14.4 Å². The Kier molecular flexibility index (Phi) is 5.23. The normalized spacial score (nSPS) is 17.7. The van der Waals surface area contributed by atoms with Crippen LogP contribution in [0.5, 0.6) is 0 Å². The van der Waals surface area contributed by atoms with Crippen LogP contribution in [0.4, 0.5) is 5.69 Å². The maximum atomic E-state index is 13.4. The summed E-state index contributed by atoms with van der Waals surface area (Å²) in [6.45, 7) is 1.18. The van der Waals surface area contributed by atoms with Gasteiger partial charge in [0.15, 0.2) is 0 Å². The third-order valence-corrected chi connectivity index (χ3v) is 6.02. The number of nitrogens with zero attached hydrogens (tertiary/aromatic N) is 2. The van der Waals surface area contributed by atoms with Crippen molar-refractivity contribution in [2.24, 2.45) is 0 Å². The molecule has 0 spiro atoms. The van der Waals surface area contributed by atoms with Crippen LogP contribution in [0.2, 0.25) is 0 Å². The van der Waals surface area contributed by atoms with Crippen molar-refractivity contribution in [3.8, 4) is 0 Å². The predicted octanol–water partition coefficient (Wildman–Crippen LogP) is 3.36. The standard InChI is InChI=1S/C25H23N3O4/c29-23(26-15-19-8-5-13-32-19)18-7-3-6-17(14-18)16-28-21-10-2-1-9-20(21)24(30)27-12-4-11-22(27)25(28)31/h1-3,5-10,13-14,22H,4,11-12,15-16H2,(H,26,29)/t22-/m1/s1. The van der Waals surface area contributed by atoms with E-state index in [4.69, 9.17) is 4.42 Å². The Bertz CT molecular complexity index is 1170. The molecule has 5 rings (SSSR count). The van der Waals surface area contributed by atoms with Gasteiger partial charge in [0.25, 0.3) is 11.8 Å². The lowest BCUT2D eigenvalue weighted by atomic mass is 10.1. The van der Waals surface area contributed by atoms with Gasteiger partial charge in [-0.3, -0.25) is 14.4 Å². The number of rotatable bonds is 5. The van der Waals surface area contributed by atoms with Gasteiger partial charge in [0, 0.05) is 12.1 Å². The van der Waals surface area contributed by atoms with Gasteiger partial charge in [-0.25, -0.2) is 0 Å². The number of benzene rings is 2. The van der Waals surface area contributed by atoms with E-state index in [1.807, 2.05) is 24.3 Å². The zero-order valence-corrected chi connectivity index (χ0v) is 17.5. The number of carbonyl (C=O) groups excluding carboxylic acids is 3. The maximum Gasteiger partial charge on any atom is 0.256 e. The molecule has 1 fully saturated rings. The average Bonchev–Trinajstić information content (AvgIpc) is 3.51. The van der Waals surface area contributed by atoms with Crippen molar-refractivity contribution in [3.63, 3.8) is 0 Å². The van der Waals surface area contributed by atoms with Crippen molar-refractivity contribution < 1.29 is 18.8 Å². The van der Waals surface area contributed by atoms with Crippen LogP contribution in [0.15, 0.2) is 71.3 Å². The maximum absolute atomic E-state index is 13.4. The van der Waals surface area contributed by atoms with E-state index < -0.39 is 6.04 Å². The molecule has 1 aromatic heterocycles. The van der Waals surface area contributed by atoms with Crippen LogP contribution in [0, 0.1) is 0 Å². The molecule has 0 bridgehead atoms. The van der Waals surface area contributed by atoms with Gasteiger partial charge in [-0.1, -0.05) is 24.3 Å². The van der Waals surface area contributed by atoms with Crippen LogP contribution in [-0.4, -0.2) is 35.2 Å². The van der Waals surface area contributed by atoms with Gasteiger partial charge in [0.1, 0.15) is 11.8 Å². The first kappa shape index (κ1) is 20.1. The van der Waals surface area contributed by atoms with Crippen LogP contribution in [0.1, 0.15) is 44.9 Å². The Morgan fingerprint density at radius 1 is 1.06 bits per heavy atom. The highest BCUT2D eigenvalue weighted by atomic mass is 16.3. The van der Waals surface area contributed by atoms with Crippen molar-refractivity contribution >= 4 is 23.4 Å². The fourth-order valence-electron chi connectivity index (χ4n) is 4.45. The van der Waals surface area contributed by atoms with Gasteiger partial charge in [0.2, 0.25) is 5.91 Å². The quantitative estimate of drug-likeness (QED) is 0.674. The fourth-order valence-corrected chi connectivity index (χ4v) is 4.45. The smallest absolute Gasteiger partial charge is 0.256 e. The minimum atomic E-state index is -0.435. The topological polar surface area (TPSA) is 82.9 Å². The van der Waals surface area contributed by atoms with E-state index in [0.29, 0.717) is 42.1 Å². The number of fused-ring (bicyclic) bond motifs is 2. The summed E-state index contributed by atoms with van der Waals surface area (Å²) in [4.78, 5) is 42.5. The van der Waals surface area contributed by atoms with E-state index in [1.54, 1.807) is 52.5 Å². The summed E-state index contributed by atoms with van der Waals surface area (Å²) in [5.41, 5.74) is 2.48. The van der Waals surface area contributed by atoms with E-state index in [1.165, 1.54) is 0 Å². The Balaban J connectivity index is 1.41. The molecule has 3 aromatic rings. The molecule has 1 N–H and O–H groups in total. The molecule has 7 nitrogen and oxygen atoms in total. The predicted molar refractivity (Wildman–Crippen MR) is 118 cm³/mol. The SMILES string of the molecule is O=C(NCc1ccco1)c1cccc(CN2C(=O)[C@H]3CCCN3C(=O)c3ccccc32)c1. The molecule has 0 saturated carbocycles. The van der Waals surface area contributed by atoms with Gasteiger partial charge in [-0.2, -0.15) is 0 Å². The lowest BCUT2D eigenvalue weighted by Gasteiger charge is -2.26. The number of hydrogen-bond acceptors (Lipinski definition) is 4. The van der Waals surface area contributed by atoms with Gasteiger partial charge in [-0.15, -0.1) is 0 Å². The first-order valence-electron chi connectivity index (χ1n) is 10.7. The molecule has 0 unspecified atom stereocenters. The Morgan fingerprint density at radius 2 is 1.94 bits per heavy atom. The number of hydrogen-bond donors (Lipinski definition) is 1. The molecule has 1 atom stereocenters. The number of nitrogens with one attached hydrogen (secondary N) is 1. The highest BCUT2D eigenvalue weighted by Crippen LogP contribution is 2.33. The number of amides is 3. The monoisotopic (exact) mass is 429 g/mol. The summed E-state index contributed by atoms with van der Waals surface area (Å²) in [6.07, 6.45) is 3.06. The second-order valence-electron chi connectivity index (χ2n) is 8.06. The molecular formula is C25H23N3O4. The average molecular weight is 429 g/mol. The van der Waals surface area contributed by atoms with E-state index in [2.05, 4.69) is 5.32 Å².